The van der Waals surface area contributed by atoms with Crippen LogP contribution in [0.25, 0.3) is 6.08 Å². The number of hydrogen-bond donors (Lipinski definition) is 1. The van der Waals surface area contributed by atoms with Gasteiger partial charge in [-0.3, -0.25) is 30.4 Å². The summed E-state index contributed by atoms with van der Waals surface area (Å²) < 4.78 is 0.172. The molecule has 1 aromatic carbocycles. The van der Waals surface area contributed by atoms with Crippen LogP contribution in [0.2, 0.25) is 0 Å². The quantitative estimate of drug-likeness (QED) is 0.343. The van der Waals surface area contributed by atoms with Crippen molar-refractivity contribution in [3.05, 3.63) is 65.7 Å². The van der Waals surface area contributed by atoms with E-state index >= 15 is 0 Å². The second-order valence-electron chi connectivity index (χ2n) is 4.86. The number of anilines is 1. The van der Waals surface area contributed by atoms with Crippen molar-refractivity contribution in [2.45, 2.75) is 0 Å². The average molecular weight is 408 g/mol. The summed E-state index contributed by atoms with van der Waals surface area (Å²) in [5.41, 5.74) is 1.55. The number of thioether (sulfide) groups is 1. The molecule has 0 radical (unpaired) electrons. The summed E-state index contributed by atoms with van der Waals surface area (Å²) in [4.78, 5) is 34.2. The highest BCUT2D eigenvalue weighted by Gasteiger charge is 2.34. The van der Waals surface area contributed by atoms with Gasteiger partial charge in [0, 0.05) is 10.9 Å². The number of carbonyl (C=O) groups is 1. The molecule has 12 heteroatoms. The Morgan fingerprint density at radius 3 is 2.58 bits per heavy atom. The van der Waals surface area contributed by atoms with Gasteiger partial charge in [-0.1, -0.05) is 17.8 Å². The van der Waals surface area contributed by atoms with Crippen LogP contribution in [-0.4, -0.2) is 25.1 Å². The van der Waals surface area contributed by atoms with Crippen LogP contribution in [0.15, 0.2) is 40.6 Å². The SMILES string of the molecule is O=C1C(=Cc2cccs2)SC(=S)N1Nc1ccc([N+](=O)[O-])cc1[N+](=O)[O-]. The molecule has 0 aliphatic carbocycles. The van der Waals surface area contributed by atoms with E-state index in [-0.39, 0.29) is 10.0 Å². The monoisotopic (exact) mass is 408 g/mol. The number of thiophene rings is 1. The third-order valence-electron chi connectivity index (χ3n) is 3.23. The molecule has 0 bridgehead atoms. The van der Waals surface area contributed by atoms with Crippen LogP contribution in [0.3, 0.4) is 0 Å². The molecule has 2 heterocycles. The Bertz CT molecular complexity index is 957. The van der Waals surface area contributed by atoms with Crippen LogP contribution in [0.1, 0.15) is 4.88 Å². The lowest BCUT2D eigenvalue weighted by atomic mass is 10.2. The van der Waals surface area contributed by atoms with Gasteiger partial charge < -0.3 is 0 Å². The second-order valence-corrected chi connectivity index (χ2v) is 7.52. The molecule has 0 unspecified atom stereocenters. The fourth-order valence-electron chi connectivity index (χ4n) is 2.07. The molecule has 1 amide bonds. The van der Waals surface area contributed by atoms with Gasteiger partial charge in [-0.2, -0.15) is 0 Å². The van der Waals surface area contributed by atoms with E-state index in [4.69, 9.17) is 12.2 Å². The predicted molar refractivity (Wildman–Crippen MR) is 103 cm³/mol. The fourth-order valence-corrected chi connectivity index (χ4v) is 3.97. The van der Waals surface area contributed by atoms with Crippen molar-refractivity contribution in [1.29, 1.82) is 0 Å². The predicted octanol–water partition coefficient (Wildman–Crippen LogP) is 3.79. The van der Waals surface area contributed by atoms with Gasteiger partial charge in [0.1, 0.15) is 5.69 Å². The third-order valence-corrected chi connectivity index (χ3v) is 5.35. The number of nitro groups is 2. The molecule has 1 fully saturated rings. The lowest BCUT2D eigenvalue weighted by Gasteiger charge is -2.16. The van der Waals surface area contributed by atoms with E-state index < -0.39 is 27.1 Å². The minimum atomic E-state index is -0.769. The number of hydrazine groups is 1. The first-order valence-electron chi connectivity index (χ1n) is 6.88. The van der Waals surface area contributed by atoms with Gasteiger partial charge in [0.2, 0.25) is 0 Å². The van der Waals surface area contributed by atoms with Crippen molar-refractivity contribution in [1.82, 2.24) is 5.01 Å². The normalized spacial score (nSPS) is 15.5. The van der Waals surface area contributed by atoms with Crippen molar-refractivity contribution in [3.63, 3.8) is 0 Å². The first-order valence-corrected chi connectivity index (χ1v) is 8.98. The number of hydrogen-bond acceptors (Lipinski definition) is 9. The maximum atomic E-state index is 12.5. The maximum absolute atomic E-state index is 12.5. The largest absolute Gasteiger partial charge is 0.300 e. The van der Waals surface area contributed by atoms with Gasteiger partial charge in [0.05, 0.1) is 20.8 Å². The number of carbonyl (C=O) groups excluding carboxylic acids is 1. The summed E-state index contributed by atoms with van der Waals surface area (Å²) in [7, 11) is 0. The number of amides is 1. The molecule has 26 heavy (non-hydrogen) atoms. The molecular formula is C14H8N4O5S3. The van der Waals surface area contributed by atoms with Crippen molar-refractivity contribution >= 4 is 68.7 Å². The standard InChI is InChI=1S/C14H8N4O5S3/c19-13-12(7-9-2-1-5-25-9)26-14(24)16(13)15-10-4-3-8(17(20)21)6-11(10)18(22)23/h1-7,15H. The Hall–Kier alpha value is -2.83. The number of benzene rings is 1. The highest BCUT2D eigenvalue weighted by Crippen LogP contribution is 2.36. The minimum absolute atomic E-state index is 0.0747. The Morgan fingerprint density at radius 2 is 1.96 bits per heavy atom. The zero-order valence-corrected chi connectivity index (χ0v) is 15.1. The van der Waals surface area contributed by atoms with Gasteiger partial charge in [0.25, 0.3) is 11.6 Å². The fraction of sp³-hybridized carbons (Fsp3) is 0. The van der Waals surface area contributed by atoms with Crippen LogP contribution in [0.4, 0.5) is 17.1 Å². The molecule has 0 spiro atoms. The van der Waals surface area contributed by atoms with E-state index in [2.05, 4.69) is 5.43 Å². The van der Waals surface area contributed by atoms with Crippen LogP contribution in [-0.2, 0) is 4.79 Å². The molecule has 0 saturated carbocycles. The maximum Gasteiger partial charge on any atom is 0.300 e. The molecule has 132 valence electrons. The molecule has 1 aliphatic rings. The van der Waals surface area contributed by atoms with Crippen LogP contribution in [0.5, 0.6) is 0 Å². The first-order chi connectivity index (χ1) is 12.4. The Morgan fingerprint density at radius 1 is 1.19 bits per heavy atom. The molecular weight excluding hydrogens is 400 g/mol. The van der Waals surface area contributed by atoms with Gasteiger partial charge >= 0.3 is 5.69 Å². The summed E-state index contributed by atoms with van der Waals surface area (Å²) in [6.07, 6.45) is 1.68. The molecule has 1 N–H and O–H groups in total. The third kappa shape index (κ3) is 3.56. The summed E-state index contributed by atoms with van der Waals surface area (Å²) >= 11 is 7.66. The topological polar surface area (TPSA) is 119 Å². The smallest absolute Gasteiger partial charge is 0.283 e. The highest BCUT2D eigenvalue weighted by atomic mass is 32.2. The number of rotatable bonds is 5. The molecule has 2 aromatic rings. The van der Waals surface area contributed by atoms with E-state index in [1.165, 1.54) is 11.3 Å². The van der Waals surface area contributed by atoms with E-state index in [1.54, 1.807) is 6.08 Å². The molecule has 1 saturated heterocycles. The van der Waals surface area contributed by atoms with Gasteiger partial charge in [-0.25, -0.2) is 5.01 Å². The molecule has 1 aromatic heterocycles. The van der Waals surface area contributed by atoms with Crippen molar-refractivity contribution in [2.75, 3.05) is 5.43 Å². The Labute approximate surface area is 159 Å². The number of nitro benzene ring substituents is 2. The second kappa shape index (κ2) is 7.19. The zero-order chi connectivity index (χ0) is 18.8. The van der Waals surface area contributed by atoms with E-state index in [1.807, 2.05) is 17.5 Å². The lowest BCUT2D eigenvalue weighted by molar-refractivity contribution is -0.393. The molecule has 1 aliphatic heterocycles. The van der Waals surface area contributed by atoms with Crippen LogP contribution >= 0.6 is 35.3 Å². The Balaban J connectivity index is 1.89. The van der Waals surface area contributed by atoms with Gasteiger partial charge in [-0.15, -0.1) is 11.3 Å². The van der Waals surface area contributed by atoms with Crippen molar-refractivity contribution < 1.29 is 14.6 Å². The number of non-ortho nitro benzene ring substituents is 1. The number of nitrogens with one attached hydrogen (secondary N) is 1. The first kappa shape index (κ1) is 18.0. The van der Waals surface area contributed by atoms with E-state index in [0.717, 1.165) is 39.8 Å². The Kier molecular flexibility index (Phi) is 4.97. The van der Waals surface area contributed by atoms with E-state index in [0.29, 0.717) is 4.91 Å². The molecule has 0 atom stereocenters. The van der Waals surface area contributed by atoms with Crippen LogP contribution in [0, 0.1) is 20.2 Å². The summed E-state index contributed by atoms with van der Waals surface area (Å²) in [6.45, 7) is 0. The summed E-state index contributed by atoms with van der Waals surface area (Å²) in [5.74, 6) is -0.457. The average Bonchev–Trinajstić information content (AvgIpc) is 3.19. The van der Waals surface area contributed by atoms with Gasteiger partial charge in [-0.05, 0) is 35.8 Å². The van der Waals surface area contributed by atoms with Crippen LogP contribution < -0.4 is 5.43 Å². The summed E-state index contributed by atoms with van der Waals surface area (Å²) in [6, 6.07) is 6.77. The molecule has 3 rings (SSSR count). The van der Waals surface area contributed by atoms with E-state index in [9.17, 15) is 25.0 Å². The molecule has 9 nitrogen and oxygen atoms in total. The highest BCUT2D eigenvalue weighted by molar-refractivity contribution is 8.26. The minimum Gasteiger partial charge on any atom is -0.283 e. The number of thiocarbonyl (C=S) groups is 1. The van der Waals surface area contributed by atoms with Crippen molar-refractivity contribution in [3.8, 4) is 0 Å². The summed E-state index contributed by atoms with van der Waals surface area (Å²) in [5, 5.41) is 24.9. The zero-order valence-electron chi connectivity index (χ0n) is 12.6. The lowest BCUT2D eigenvalue weighted by Crippen LogP contribution is -2.34. The van der Waals surface area contributed by atoms with Crippen molar-refractivity contribution in [2.24, 2.45) is 0 Å². The van der Waals surface area contributed by atoms with Gasteiger partial charge in [0.15, 0.2) is 4.32 Å². The number of nitrogens with zero attached hydrogens (tertiary/aromatic N) is 3.